The number of rotatable bonds is 3. The lowest BCUT2D eigenvalue weighted by molar-refractivity contribution is -0.146. The smallest absolute Gasteiger partial charge is 0.384 e. The molecule has 5 nitrogen and oxygen atoms in total. The molecule has 0 spiro atoms. The lowest BCUT2D eigenvalue weighted by Gasteiger charge is -2.36. The molecule has 2 heterocycles. The summed E-state index contributed by atoms with van der Waals surface area (Å²) in [6, 6.07) is 3.37. The molecule has 0 saturated carbocycles. The largest absolute Gasteiger partial charge is 0.401 e. The Kier molecular flexibility index (Phi) is 4.12. The Bertz CT molecular complexity index is 480. The minimum absolute atomic E-state index is 0.0918. The molecule has 110 valence electrons. The van der Waals surface area contributed by atoms with Crippen molar-refractivity contribution in [2.45, 2.75) is 6.18 Å². The average Bonchev–Trinajstić information content (AvgIpc) is 2.38. The first-order valence-corrected chi connectivity index (χ1v) is 6.20. The Morgan fingerprint density at radius 3 is 2.50 bits per heavy atom. The van der Waals surface area contributed by atoms with E-state index in [-0.39, 0.29) is 5.84 Å². The Morgan fingerprint density at radius 1 is 1.30 bits per heavy atom. The quantitative estimate of drug-likeness (QED) is 0.644. The predicted octanol–water partition coefficient (Wildman–Crippen LogP) is 1.05. The maximum atomic E-state index is 12.3. The third kappa shape index (κ3) is 3.60. The van der Waals surface area contributed by atoms with Gasteiger partial charge < -0.3 is 10.6 Å². The van der Waals surface area contributed by atoms with Crippen molar-refractivity contribution in [1.29, 1.82) is 5.41 Å². The van der Waals surface area contributed by atoms with Gasteiger partial charge in [-0.25, -0.2) is 4.98 Å². The fourth-order valence-corrected chi connectivity index (χ4v) is 2.23. The maximum absolute atomic E-state index is 12.3. The van der Waals surface area contributed by atoms with Crippen LogP contribution in [0.2, 0.25) is 0 Å². The molecule has 1 aromatic heterocycles. The normalized spacial score (nSPS) is 17.2. The second-order valence-corrected chi connectivity index (χ2v) is 4.67. The molecule has 0 atom stereocenters. The minimum atomic E-state index is -4.17. The van der Waals surface area contributed by atoms with Gasteiger partial charge in [0.25, 0.3) is 0 Å². The molecule has 0 amide bonds. The number of anilines is 1. The zero-order chi connectivity index (χ0) is 14.8. The van der Waals surface area contributed by atoms with E-state index >= 15 is 0 Å². The molecule has 1 aliphatic rings. The first kappa shape index (κ1) is 14.6. The number of alkyl halides is 3. The van der Waals surface area contributed by atoms with E-state index in [4.69, 9.17) is 11.1 Å². The van der Waals surface area contributed by atoms with Gasteiger partial charge in [-0.15, -0.1) is 0 Å². The molecule has 20 heavy (non-hydrogen) atoms. The molecule has 8 heteroatoms. The number of nitrogens with zero attached hydrogens (tertiary/aromatic N) is 3. The van der Waals surface area contributed by atoms with Crippen LogP contribution in [-0.2, 0) is 0 Å². The Balaban J connectivity index is 2.03. The summed E-state index contributed by atoms with van der Waals surface area (Å²) in [6.45, 7) is 0.615. The lowest BCUT2D eigenvalue weighted by atomic mass is 10.2. The predicted molar refractivity (Wildman–Crippen MR) is 70.0 cm³/mol. The summed E-state index contributed by atoms with van der Waals surface area (Å²) in [4.78, 5) is 7.42. The average molecular weight is 287 g/mol. The van der Waals surface area contributed by atoms with Gasteiger partial charge in [0.05, 0.1) is 12.1 Å². The fourth-order valence-electron chi connectivity index (χ4n) is 2.23. The number of nitrogens with two attached hydrogens (primary N) is 1. The van der Waals surface area contributed by atoms with Crippen molar-refractivity contribution < 1.29 is 13.2 Å². The number of nitrogens with one attached hydrogen (secondary N) is 1. The Hall–Kier alpha value is -1.83. The van der Waals surface area contributed by atoms with Gasteiger partial charge in [0.15, 0.2) is 0 Å². The van der Waals surface area contributed by atoms with E-state index in [1.165, 1.54) is 4.90 Å². The molecule has 1 aliphatic heterocycles. The van der Waals surface area contributed by atoms with Gasteiger partial charge >= 0.3 is 6.18 Å². The van der Waals surface area contributed by atoms with E-state index in [1.807, 2.05) is 4.90 Å². The second-order valence-electron chi connectivity index (χ2n) is 4.67. The highest BCUT2D eigenvalue weighted by atomic mass is 19.4. The monoisotopic (exact) mass is 287 g/mol. The van der Waals surface area contributed by atoms with Crippen molar-refractivity contribution in [2.24, 2.45) is 5.73 Å². The van der Waals surface area contributed by atoms with Gasteiger partial charge in [0.2, 0.25) is 0 Å². The fraction of sp³-hybridized carbons (Fsp3) is 0.500. The van der Waals surface area contributed by atoms with Gasteiger partial charge in [-0.1, -0.05) is 0 Å². The van der Waals surface area contributed by atoms with Crippen molar-refractivity contribution in [3.8, 4) is 0 Å². The first-order valence-electron chi connectivity index (χ1n) is 6.20. The highest BCUT2D eigenvalue weighted by molar-refractivity contribution is 5.99. The third-order valence-corrected chi connectivity index (χ3v) is 3.15. The molecule has 0 radical (unpaired) electrons. The Morgan fingerprint density at radius 2 is 1.95 bits per heavy atom. The molecule has 0 aliphatic carbocycles. The van der Waals surface area contributed by atoms with Crippen molar-refractivity contribution in [1.82, 2.24) is 9.88 Å². The summed E-state index contributed by atoms with van der Waals surface area (Å²) in [5.41, 5.74) is 6.00. The van der Waals surface area contributed by atoms with Gasteiger partial charge in [-0.2, -0.15) is 13.2 Å². The van der Waals surface area contributed by atoms with Gasteiger partial charge in [-0.05, 0) is 12.1 Å². The molecule has 1 aromatic rings. The van der Waals surface area contributed by atoms with E-state index in [2.05, 4.69) is 4.98 Å². The molecule has 0 unspecified atom stereocenters. The molecule has 1 saturated heterocycles. The van der Waals surface area contributed by atoms with Crippen molar-refractivity contribution in [3.63, 3.8) is 0 Å². The van der Waals surface area contributed by atoms with E-state index < -0.39 is 12.7 Å². The standard InChI is InChI=1S/C12H16F3N5/c13-12(14,15)8-19-4-6-20(7-5-19)11-9(10(16)17)2-1-3-18-11/h1-3H,4-8H2,(H3,16,17). The van der Waals surface area contributed by atoms with E-state index in [0.717, 1.165) is 0 Å². The summed E-state index contributed by atoms with van der Waals surface area (Å²) >= 11 is 0. The molecule has 1 fully saturated rings. The van der Waals surface area contributed by atoms with Crippen LogP contribution in [0.15, 0.2) is 18.3 Å². The number of halogens is 3. The number of pyridine rings is 1. The number of hydrogen-bond donors (Lipinski definition) is 2. The number of hydrogen-bond acceptors (Lipinski definition) is 4. The first-order chi connectivity index (χ1) is 9.37. The van der Waals surface area contributed by atoms with Crippen LogP contribution in [-0.4, -0.2) is 54.6 Å². The van der Waals surface area contributed by atoms with Crippen LogP contribution in [0.1, 0.15) is 5.56 Å². The molecular weight excluding hydrogens is 271 g/mol. The molecular formula is C12H16F3N5. The number of nitrogen functional groups attached to an aromatic ring is 1. The summed E-state index contributed by atoms with van der Waals surface area (Å²) in [5, 5.41) is 7.50. The van der Waals surface area contributed by atoms with E-state index in [1.54, 1.807) is 18.3 Å². The van der Waals surface area contributed by atoms with E-state index in [0.29, 0.717) is 37.6 Å². The van der Waals surface area contributed by atoms with Crippen LogP contribution >= 0.6 is 0 Å². The zero-order valence-electron chi connectivity index (χ0n) is 10.8. The summed E-state index contributed by atoms with van der Waals surface area (Å²) in [6.07, 6.45) is -2.58. The minimum Gasteiger partial charge on any atom is -0.384 e. The van der Waals surface area contributed by atoms with Crippen LogP contribution in [0.4, 0.5) is 19.0 Å². The number of amidine groups is 1. The van der Waals surface area contributed by atoms with Gasteiger partial charge in [-0.3, -0.25) is 10.3 Å². The van der Waals surface area contributed by atoms with Crippen LogP contribution in [0, 0.1) is 5.41 Å². The van der Waals surface area contributed by atoms with Gasteiger partial charge in [0, 0.05) is 32.4 Å². The number of aromatic nitrogens is 1. The van der Waals surface area contributed by atoms with Crippen LogP contribution in [0.3, 0.4) is 0 Å². The van der Waals surface area contributed by atoms with Gasteiger partial charge in [0.1, 0.15) is 11.7 Å². The maximum Gasteiger partial charge on any atom is 0.401 e. The highest BCUT2D eigenvalue weighted by Gasteiger charge is 2.32. The topological polar surface area (TPSA) is 69.2 Å². The second kappa shape index (κ2) is 5.66. The van der Waals surface area contributed by atoms with Crippen LogP contribution < -0.4 is 10.6 Å². The van der Waals surface area contributed by atoms with Crippen molar-refractivity contribution in [2.75, 3.05) is 37.6 Å². The Labute approximate surface area is 114 Å². The summed E-state index contributed by atoms with van der Waals surface area (Å²) in [7, 11) is 0. The van der Waals surface area contributed by atoms with Crippen molar-refractivity contribution in [3.05, 3.63) is 23.9 Å². The van der Waals surface area contributed by atoms with Crippen LogP contribution in [0.5, 0.6) is 0 Å². The summed E-state index contributed by atoms with van der Waals surface area (Å²) in [5.74, 6) is 0.470. The van der Waals surface area contributed by atoms with Crippen molar-refractivity contribution >= 4 is 11.7 Å². The number of piperazine rings is 1. The molecule has 2 rings (SSSR count). The third-order valence-electron chi connectivity index (χ3n) is 3.15. The summed E-state index contributed by atoms with van der Waals surface area (Å²) < 4.78 is 37.0. The lowest BCUT2D eigenvalue weighted by Crippen LogP contribution is -2.49. The zero-order valence-corrected chi connectivity index (χ0v) is 10.8. The molecule has 0 bridgehead atoms. The SMILES string of the molecule is N=C(N)c1cccnc1N1CCN(CC(F)(F)F)CC1. The van der Waals surface area contributed by atoms with Crippen LogP contribution in [0.25, 0.3) is 0 Å². The highest BCUT2D eigenvalue weighted by Crippen LogP contribution is 2.21. The molecule has 0 aromatic carbocycles. The van der Waals surface area contributed by atoms with E-state index in [9.17, 15) is 13.2 Å². The molecule has 3 N–H and O–H groups in total.